The second-order valence-corrected chi connectivity index (χ2v) is 8.04. The Morgan fingerprint density at radius 1 is 1.19 bits per heavy atom. The summed E-state index contributed by atoms with van der Waals surface area (Å²) < 4.78 is 52.5. The first-order chi connectivity index (χ1) is 13.0. The number of benzene rings is 2. The van der Waals surface area contributed by atoms with E-state index in [4.69, 9.17) is 9.47 Å². The van der Waals surface area contributed by atoms with Crippen LogP contribution in [0.4, 0.5) is 4.39 Å². The van der Waals surface area contributed by atoms with Crippen molar-refractivity contribution in [1.82, 2.24) is 9.62 Å². The van der Waals surface area contributed by atoms with Crippen molar-refractivity contribution in [3.05, 3.63) is 59.9 Å². The van der Waals surface area contributed by atoms with Crippen molar-refractivity contribution in [3.63, 3.8) is 0 Å². The van der Waals surface area contributed by atoms with Crippen molar-refractivity contribution in [2.45, 2.75) is 10.9 Å². The van der Waals surface area contributed by atoms with Crippen molar-refractivity contribution < 1.29 is 22.3 Å². The summed E-state index contributed by atoms with van der Waals surface area (Å²) in [6.45, 7) is 1.83. The highest BCUT2D eigenvalue weighted by molar-refractivity contribution is 7.89. The molecular formula is C19H23FN2O4S. The van der Waals surface area contributed by atoms with E-state index >= 15 is 0 Å². The van der Waals surface area contributed by atoms with Crippen LogP contribution in [0.1, 0.15) is 11.6 Å². The molecule has 1 fully saturated rings. The third-order valence-corrected chi connectivity index (χ3v) is 6.36. The SMILES string of the molecule is COCCOc1ccccc1S(=O)(=O)N1CCNCC1c1cccc(F)c1. The lowest BCUT2D eigenvalue weighted by Crippen LogP contribution is -2.48. The third-order valence-electron chi connectivity index (χ3n) is 4.41. The summed E-state index contributed by atoms with van der Waals surface area (Å²) in [6.07, 6.45) is 0. The Labute approximate surface area is 159 Å². The van der Waals surface area contributed by atoms with Crippen LogP contribution < -0.4 is 10.1 Å². The molecule has 1 aliphatic heterocycles. The second kappa shape index (κ2) is 8.79. The van der Waals surface area contributed by atoms with Crippen molar-refractivity contribution in [3.8, 4) is 5.75 Å². The number of sulfonamides is 1. The summed E-state index contributed by atoms with van der Waals surface area (Å²) in [7, 11) is -2.28. The normalized spacial score (nSPS) is 18.4. The first kappa shape index (κ1) is 19.8. The van der Waals surface area contributed by atoms with Gasteiger partial charge < -0.3 is 14.8 Å². The van der Waals surface area contributed by atoms with E-state index in [9.17, 15) is 12.8 Å². The fraction of sp³-hybridized carbons (Fsp3) is 0.368. The van der Waals surface area contributed by atoms with Crippen LogP contribution in [0.2, 0.25) is 0 Å². The van der Waals surface area contributed by atoms with E-state index in [1.165, 1.54) is 22.5 Å². The van der Waals surface area contributed by atoms with Crippen molar-refractivity contribution in [2.24, 2.45) is 0 Å². The van der Waals surface area contributed by atoms with Gasteiger partial charge in [0.25, 0.3) is 0 Å². The zero-order valence-electron chi connectivity index (χ0n) is 15.1. The lowest BCUT2D eigenvalue weighted by atomic mass is 10.1. The van der Waals surface area contributed by atoms with Crippen molar-refractivity contribution in [1.29, 1.82) is 0 Å². The highest BCUT2D eigenvalue weighted by Crippen LogP contribution is 2.33. The number of rotatable bonds is 7. The lowest BCUT2D eigenvalue weighted by molar-refractivity contribution is 0.144. The molecule has 1 aliphatic rings. The molecule has 2 aromatic rings. The molecule has 1 atom stereocenters. The summed E-state index contributed by atoms with van der Waals surface area (Å²) in [6, 6.07) is 12.1. The van der Waals surface area contributed by atoms with Crippen LogP contribution in [-0.2, 0) is 14.8 Å². The van der Waals surface area contributed by atoms with Gasteiger partial charge in [0.1, 0.15) is 23.1 Å². The average molecular weight is 394 g/mol. The van der Waals surface area contributed by atoms with Crippen LogP contribution in [0, 0.1) is 5.82 Å². The number of nitrogens with zero attached hydrogens (tertiary/aromatic N) is 1. The maximum absolute atomic E-state index is 13.7. The summed E-state index contributed by atoms with van der Waals surface area (Å²) in [4.78, 5) is 0.101. The van der Waals surface area contributed by atoms with E-state index in [2.05, 4.69) is 5.32 Å². The fourth-order valence-corrected chi connectivity index (χ4v) is 4.86. The van der Waals surface area contributed by atoms with E-state index in [1.54, 1.807) is 37.4 Å². The Bertz CT molecular complexity index is 876. The van der Waals surface area contributed by atoms with E-state index < -0.39 is 21.9 Å². The Hall–Kier alpha value is -2.00. The third kappa shape index (κ3) is 4.47. The fourth-order valence-electron chi connectivity index (χ4n) is 3.12. The number of methoxy groups -OCH3 is 1. The van der Waals surface area contributed by atoms with Gasteiger partial charge in [0.15, 0.2) is 0 Å². The van der Waals surface area contributed by atoms with Gasteiger partial charge in [-0.25, -0.2) is 12.8 Å². The van der Waals surface area contributed by atoms with Crippen LogP contribution in [0.15, 0.2) is 53.4 Å². The Kier molecular flexibility index (Phi) is 6.43. The van der Waals surface area contributed by atoms with Gasteiger partial charge >= 0.3 is 0 Å². The summed E-state index contributed by atoms with van der Waals surface area (Å²) >= 11 is 0. The van der Waals surface area contributed by atoms with Crippen LogP contribution in [0.3, 0.4) is 0 Å². The quantitative estimate of drug-likeness (QED) is 0.729. The molecule has 1 unspecified atom stereocenters. The predicted octanol–water partition coefficient (Wildman–Crippen LogP) is 2.19. The molecule has 27 heavy (non-hydrogen) atoms. The molecule has 0 spiro atoms. The van der Waals surface area contributed by atoms with E-state index in [0.29, 0.717) is 25.3 Å². The number of halogens is 1. The minimum atomic E-state index is -3.83. The number of nitrogens with one attached hydrogen (secondary N) is 1. The molecule has 0 amide bonds. The van der Waals surface area contributed by atoms with E-state index in [1.807, 2.05) is 0 Å². The van der Waals surface area contributed by atoms with Crippen LogP contribution >= 0.6 is 0 Å². The van der Waals surface area contributed by atoms with Gasteiger partial charge in [0.05, 0.1) is 12.6 Å². The van der Waals surface area contributed by atoms with Gasteiger partial charge in [-0.2, -0.15) is 4.31 Å². The molecule has 0 aromatic heterocycles. The van der Waals surface area contributed by atoms with Gasteiger partial charge in [-0.1, -0.05) is 24.3 Å². The molecule has 146 valence electrons. The van der Waals surface area contributed by atoms with Crippen molar-refractivity contribution >= 4 is 10.0 Å². The zero-order chi connectivity index (χ0) is 19.3. The van der Waals surface area contributed by atoms with Gasteiger partial charge in [-0.3, -0.25) is 0 Å². The highest BCUT2D eigenvalue weighted by atomic mass is 32.2. The minimum Gasteiger partial charge on any atom is -0.490 e. The number of hydrogen-bond acceptors (Lipinski definition) is 5. The topological polar surface area (TPSA) is 67.9 Å². The second-order valence-electron chi connectivity index (χ2n) is 6.18. The van der Waals surface area contributed by atoms with E-state index in [-0.39, 0.29) is 23.8 Å². The summed E-state index contributed by atoms with van der Waals surface area (Å²) in [5, 5.41) is 3.19. The molecule has 0 radical (unpaired) electrons. The van der Waals surface area contributed by atoms with Gasteiger partial charge in [-0.05, 0) is 29.8 Å². The van der Waals surface area contributed by atoms with Gasteiger partial charge in [0, 0.05) is 26.7 Å². The Morgan fingerprint density at radius 3 is 2.78 bits per heavy atom. The smallest absolute Gasteiger partial charge is 0.247 e. The highest BCUT2D eigenvalue weighted by Gasteiger charge is 2.36. The molecule has 1 heterocycles. The van der Waals surface area contributed by atoms with E-state index in [0.717, 1.165) is 0 Å². The zero-order valence-corrected chi connectivity index (χ0v) is 15.9. The first-order valence-electron chi connectivity index (χ1n) is 8.73. The van der Waals surface area contributed by atoms with Gasteiger partial charge in [0.2, 0.25) is 10.0 Å². The maximum atomic E-state index is 13.7. The maximum Gasteiger partial charge on any atom is 0.247 e. The largest absolute Gasteiger partial charge is 0.490 e. The molecule has 0 bridgehead atoms. The summed E-state index contributed by atoms with van der Waals surface area (Å²) in [5.41, 5.74) is 0.614. The standard InChI is InChI=1S/C19H23FN2O4S/c1-25-11-12-26-18-7-2-3-8-19(18)27(23,24)22-10-9-21-14-17(22)15-5-4-6-16(20)13-15/h2-8,13,17,21H,9-12,14H2,1H3. The summed E-state index contributed by atoms with van der Waals surface area (Å²) in [5.74, 6) is -0.107. The lowest BCUT2D eigenvalue weighted by Gasteiger charge is -2.35. The Morgan fingerprint density at radius 2 is 2.00 bits per heavy atom. The molecule has 1 N–H and O–H groups in total. The van der Waals surface area contributed by atoms with Crippen LogP contribution in [0.25, 0.3) is 0 Å². The monoisotopic (exact) mass is 394 g/mol. The predicted molar refractivity (Wildman–Crippen MR) is 99.7 cm³/mol. The van der Waals surface area contributed by atoms with Gasteiger partial charge in [-0.15, -0.1) is 0 Å². The number of para-hydroxylation sites is 1. The number of hydrogen-bond donors (Lipinski definition) is 1. The van der Waals surface area contributed by atoms with Crippen LogP contribution in [-0.4, -0.2) is 52.7 Å². The average Bonchev–Trinajstić information content (AvgIpc) is 2.68. The molecule has 0 saturated carbocycles. The van der Waals surface area contributed by atoms with Crippen LogP contribution in [0.5, 0.6) is 5.75 Å². The number of piperazine rings is 1. The molecule has 8 heteroatoms. The minimum absolute atomic E-state index is 0.101. The van der Waals surface area contributed by atoms with Crippen molar-refractivity contribution in [2.75, 3.05) is 40.0 Å². The molecule has 3 rings (SSSR count). The number of ether oxygens (including phenoxy) is 2. The Balaban J connectivity index is 1.95. The molecular weight excluding hydrogens is 371 g/mol. The molecule has 0 aliphatic carbocycles. The molecule has 1 saturated heterocycles. The molecule has 2 aromatic carbocycles. The first-order valence-corrected chi connectivity index (χ1v) is 10.2. The molecule has 6 nitrogen and oxygen atoms in total.